The van der Waals surface area contributed by atoms with Gasteiger partial charge >= 0.3 is 0 Å². The number of ether oxygens (including phenoxy) is 2. The van der Waals surface area contributed by atoms with Gasteiger partial charge in [-0.1, -0.05) is 11.6 Å². The van der Waals surface area contributed by atoms with Crippen LogP contribution in [0.2, 0.25) is 5.02 Å². The number of halogens is 2. The molecule has 1 aliphatic rings. The molecule has 0 spiro atoms. The van der Waals surface area contributed by atoms with Crippen LogP contribution in [0.4, 0.5) is 10.3 Å². The average Bonchev–Trinajstić information content (AvgIpc) is 3.26. The van der Waals surface area contributed by atoms with Crippen molar-refractivity contribution in [2.75, 3.05) is 18.9 Å². The fraction of sp³-hybridized carbons (Fsp3) is 0.391. The molecule has 0 atom stereocenters. The number of aliphatic hydroxyl groups excluding tert-OH is 1. The van der Waals surface area contributed by atoms with Gasteiger partial charge in [-0.3, -0.25) is 0 Å². The van der Waals surface area contributed by atoms with Crippen molar-refractivity contribution in [2.45, 2.75) is 44.6 Å². The Morgan fingerprint density at radius 2 is 1.90 bits per heavy atom. The fourth-order valence-corrected chi connectivity index (χ4v) is 3.99. The zero-order valence-corrected chi connectivity index (χ0v) is 17.9. The summed E-state index contributed by atoms with van der Waals surface area (Å²) >= 11 is 5.99. The first-order valence-corrected chi connectivity index (χ1v) is 10.9. The smallest absolute Gasteiger partial charge is 0.221 e. The van der Waals surface area contributed by atoms with Gasteiger partial charge < -0.3 is 20.3 Å². The third-order valence-electron chi connectivity index (χ3n) is 5.38. The Morgan fingerprint density at radius 3 is 2.65 bits per heavy atom. The third kappa shape index (κ3) is 4.99. The third-order valence-corrected chi connectivity index (χ3v) is 5.67. The van der Waals surface area contributed by atoms with Gasteiger partial charge in [-0.2, -0.15) is 0 Å². The molecule has 164 valence electrons. The fourth-order valence-electron chi connectivity index (χ4n) is 3.80. The highest BCUT2D eigenvalue weighted by Gasteiger charge is 2.21. The predicted octanol–water partition coefficient (Wildman–Crippen LogP) is 5.14. The first-order valence-electron chi connectivity index (χ1n) is 10.5. The molecule has 0 unspecified atom stereocenters. The molecule has 1 aliphatic carbocycles. The molecule has 1 saturated carbocycles. The normalized spacial score (nSPS) is 14.3. The van der Waals surface area contributed by atoms with Gasteiger partial charge in [-0.15, -0.1) is 0 Å². The Balaban J connectivity index is 1.78. The lowest BCUT2D eigenvalue weighted by Gasteiger charge is -2.18. The molecule has 0 amide bonds. The van der Waals surface area contributed by atoms with Crippen LogP contribution in [-0.4, -0.2) is 34.4 Å². The highest BCUT2D eigenvalue weighted by molar-refractivity contribution is 6.31. The summed E-state index contributed by atoms with van der Waals surface area (Å²) in [5, 5.41) is 9.74. The Morgan fingerprint density at radius 1 is 1.10 bits per heavy atom. The molecule has 0 radical (unpaired) electrons. The van der Waals surface area contributed by atoms with E-state index in [1.807, 2.05) is 12.1 Å². The van der Waals surface area contributed by atoms with Gasteiger partial charge in [0.2, 0.25) is 5.95 Å². The lowest BCUT2D eigenvalue weighted by Crippen LogP contribution is -2.12. The van der Waals surface area contributed by atoms with E-state index in [9.17, 15) is 4.39 Å². The van der Waals surface area contributed by atoms with E-state index < -0.39 is 5.82 Å². The summed E-state index contributed by atoms with van der Waals surface area (Å²) in [5.74, 6) is 0.799. The molecule has 0 saturated heterocycles. The van der Waals surface area contributed by atoms with Gasteiger partial charge in [-0.25, -0.2) is 14.4 Å². The van der Waals surface area contributed by atoms with Crippen LogP contribution in [0.25, 0.3) is 22.2 Å². The Labute approximate surface area is 185 Å². The molecular weight excluding hydrogens is 421 g/mol. The number of nitrogen functional groups attached to an aromatic ring is 1. The lowest BCUT2D eigenvalue weighted by atomic mass is 10.1. The standard InChI is InChI=1S/C23H25ClFN3O3/c24-17-11-14(7-8-18(17)25)22-16-12-20(30-10-4-3-9-29)21(31-15-5-1-2-6-15)13-19(16)27-23(26)28-22/h7-8,11-13,15,29H,1-6,9-10H2,(H2,26,27,28). The van der Waals surface area contributed by atoms with Gasteiger partial charge in [0.25, 0.3) is 0 Å². The van der Waals surface area contributed by atoms with Crippen molar-refractivity contribution < 1.29 is 19.0 Å². The van der Waals surface area contributed by atoms with Crippen molar-refractivity contribution in [3.63, 3.8) is 0 Å². The number of nitrogens with two attached hydrogens (primary N) is 1. The van der Waals surface area contributed by atoms with Crippen LogP contribution in [0.3, 0.4) is 0 Å². The minimum atomic E-state index is -0.503. The van der Waals surface area contributed by atoms with Gasteiger partial charge in [0.1, 0.15) is 5.82 Å². The quantitative estimate of drug-likeness (QED) is 0.466. The maximum Gasteiger partial charge on any atom is 0.221 e. The van der Waals surface area contributed by atoms with E-state index >= 15 is 0 Å². The topological polar surface area (TPSA) is 90.5 Å². The van der Waals surface area contributed by atoms with E-state index in [1.165, 1.54) is 12.1 Å². The van der Waals surface area contributed by atoms with Gasteiger partial charge in [0.05, 0.1) is 28.9 Å². The predicted molar refractivity (Wildman–Crippen MR) is 119 cm³/mol. The second-order valence-corrected chi connectivity index (χ2v) is 8.09. The second kappa shape index (κ2) is 9.66. The van der Waals surface area contributed by atoms with E-state index in [0.717, 1.165) is 32.1 Å². The molecule has 1 aromatic heterocycles. The van der Waals surface area contributed by atoms with E-state index in [0.29, 0.717) is 46.7 Å². The van der Waals surface area contributed by atoms with Crippen LogP contribution in [0, 0.1) is 5.82 Å². The molecule has 3 aromatic rings. The van der Waals surface area contributed by atoms with Crippen molar-refractivity contribution in [1.29, 1.82) is 0 Å². The number of benzene rings is 2. The highest BCUT2D eigenvalue weighted by atomic mass is 35.5. The number of hydrogen-bond acceptors (Lipinski definition) is 6. The van der Waals surface area contributed by atoms with Gasteiger partial charge in [0.15, 0.2) is 11.5 Å². The zero-order chi connectivity index (χ0) is 21.8. The molecular formula is C23H25ClFN3O3. The summed E-state index contributed by atoms with van der Waals surface area (Å²) in [6, 6.07) is 8.08. The number of aliphatic hydroxyl groups is 1. The van der Waals surface area contributed by atoms with Crippen LogP contribution in [0.15, 0.2) is 30.3 Å². The molecule has 1 heterocycles. The molecule has 1 fully saturated rings. The van der Waals surface area contributed by atoms with Crippen molar-refractivity contribution in [3.8, 4) is 22.8 Å². The molecule has 8 heteroatoms. The van der Waals surface area contributed by atoms with Crippen molar-refractivity contribution in [3.05, 3.63) is 41.2 Å². The molecule has 0 aliphatic heterocycles. The largest absolute Gasteiger partial charge is 0.490 e. The van der Waals surface area contributed by atoms with E-state index in [2.05, 4.69) is 9.97 Å². The Kier molecular flexibility index (Phi) is 6.73. The first kappa shape index (κ1) is 21.6. The summed E-state index contributed by atoms with van der Waals surface area (Å²) in [4.78, 5) is 8.76. The molecule has 4 rings (SSSR count). The maximum atomic E-state index is 13.7. The van der Waals surface area contributed by atoms with Crippen LogP contribution in [0.5, 0.6) is 11.5 Å². The number of fused-ring (bicyclic) bond motifs is 1. The molecule has 2 aromatic carbocycles. The summed E-state index contributed by atoms with van der Waals surface area (Å²) in [6.07, 6.45) is 5.83. The summed E-state index contributed by atoms with van der Waals surface area (Å²) in [5.41, 5.74) is 7.75. The SMILES string of the molecule is Nc1nc(-c2ccc(F)c(Cl)c2)c2cc(OCCCCO)c(OC3CCCC3)cc2n1. The zero-order valence-electron chi connectivity index (χ0n) is 17.1. The summed E-state index contributed by atoms with van der Waals surface area (Å²) in [7, 11) is 0. The minimum absolute atomic E-state index is 0.00416. The summed E-state index contributed by atoms with van der Waals surface area (Å²) < 4.78 is 25.9. The maximum absolute atomic E-state index is 13.7. The van der Waals surface area contributed by atoms with Crippen LogP contribution >= 0.6 is 11.6 Å². The van der Waals surface area contributed by atoms with Crippen LogP contribution in [0.1, 0.15) is 38.5 Å². The highest BCUT2D eigenvalue weighted by Crippen LogP contribution is 2.38. The van der Waals surface area contributed by atoms with Crippen LogP contribution < -0.4 is 15.2 Å². The van der Waals surface area contributed by atoms with Crippen molar-refractivity contribution >= 4 is 28.5 Å². The molecule has 3 N–H and O–H groups in total. The Bertz CT molecular complexity index is 1070. The van der Waals surface area contributed by atoms with Crippen molar-refractivity contribution in [1.82, 2.24) is 9.97 Å². The van der Waals surface area contributed by atoms with Crippen molar-refractivity contribution in [2.24, 2.45) is 0 Å². The number of unbranched alkanes of at least 4 members (excludes halogenated alkanes) is 1. The minimum Gasteiger partial charge on any atom is -0.490 e. The second-order valence-electron chi connectivity index (χ2n) is 7.68. The van der Waals surface area contributed by atoms with E-state index in [1.54, 1.807) is 6.07 Å². The first-order chi connectivity index (χ1) is 15.0. The summed E-state index contributed by atoms with van der Waals surface area (Å²) in [6.45, 7) is 0.565. The number of hydrogen-bond donors (Lipinski definition) is 2. The van der Waals surface area contributed by atoms with E-state index in [4.69, 9.17) is 31.9 Å². The Hall–Kier alpha value is -2.64. The number of nitrogens with zero attached hydrogens (tertiary/aromatic N) is 2. The number of anilines is 1. The van der Waals surface area contributed by atoms with Crippen LogP contribution in [-0.2, 0) is 0 Å². The molecule has 31 heavy (non-hydrogen) atoms. The van der Waals surface area contributed by atoms with Gasteiger partial charge in [-0.05, 0) is 62.8 Å². The van der Waals surface area contributed by atoms with Gasteiger partial charge in [0, 0.05) is 23.6 Å². The molecule has 0 bridgehead atoms. The monoisotopic (exact) mass is 445 g/mol. The number of rotatable bonds is 8. The van der Waals surface area contributed by atoms with E-state index in [-0.39, 0.29) is 23.7 Å². The molecule has 6 nitrogen and oxygen atoms in total. The number of aromatic nitrogens is 2. The average molecular weight is 446 g/mol. The lowest BCUT2D eigenvalue weighted by molar-refractivity contribution is 0.193.